The third kappa shape index (κ3) is 4.25. The number of rotatable bonds is 3. The molecule has 3 heterocycles. The van der Waals surface area contributed by atoms with Gasteiger partial charge in [-0.3, -0.25) is 24.5 Å². The van der Waals surface area contributed by atoms with Crippen LogP contribution >= 0.6 is 0 Å². The van der Waals surface area contributed by atoms with Gasteiger partial charge in [0.2, 0.25) is 11.8 Å². The van der Waals surface area contributed by atoms with E-state index in [4.69, 9.17) is 4.74 Å². The summed E-state index contributed by atoms with van der Waals surface area (Å²) in [5.41, 5.74) is 1.17. The van der Waals surface area contributed by atoms with Gasteiger partial charge in [0, 0.05) is 29.8 Å². The van der Waals surface area contributed by atoms with Crippen LogP contribution in [0.5, 0.6) is 5.75 Å². The quantitative estimate of drug-likeness (QED) is 0.651. The molecule has 1 saturated heterocycles. The minimum absolute atomic E-state index is 0.0426. The summed E-state index contributed by atoms with van der Waals surface area (Å²) < 4.78 is 44.1. The summed E-state index contributed by atoms with van der Waals surface area (Å²) in [6.07, 6.45) is -2.64. The number of alkyl halides is 3. The molecular formula is C24H18F3N3O5. The molecule has 2 aromatic rings. The molecule has 8 nitrogen and oxygen atoms in total. The second kappa shape index (κ2) is 8.26. The van der Waals surface area contributed by atoms with Gasteiger partial charge in [-0.25, -0.2) is 0 Å². The molecule has 35 heavy (non-hydrogen) atoms. The van der Waals surface area contributed by atoms with Crippen LogP contribution in [-0.2, 0) is 27.1 Å². The fourth-order valence-electron chi connectivity index (χ4n) is 4.33. The predicted molar refractivity (Wildman–Crippen MR) is 116 cm³/mol. The summed E-state index contributed by atoms with van der Waals surface area (Å²) in [5, 5.41) is 4.95. The highest BCUT2D eigenvalue weighted by atomic mass is 19.4. The Kier molecular flexibility index (Phi) is 5.34. The van der Waals surface area contributed by atoms with Crippen molar-refractivity contribution in [3.05, 3.63) is 64.2 Å². The first kappa shape index (κ1) is 22.6. The van der Waals surface area contributed by atoms with Crippen molar-refractivity contribution in [1.29, 1.82) is 0 Å². The van der Waals surface area contributed by atoms with E-state index in [1.165, 1.54) is 17.0 Å². The molecule has 0 aliphatic carbocycles. The lowest BCUT2D eigenvalue weighted by molar-refractivity contribution is -0.138. The highest BCUT2D eigenvalue weighted by molar-refractivity contribution is 6.08. The predicted octanol–water partition coefficient (Wildman–Crippen LogP) is 2.88. The van der Waals surface area contributed by atoms with Crippen molar-refractivity contribution < 1.29 is 37.1 Å². The second-order valence-electron chi connectivity index (χ2n) is 8.43. The first-order valence-electron chi connectivity index (χ1n) is 10.7. The highest BCUT2D eigenvalue weighted by Gasteiger charge is 2.39. The summed E-state index contributed by atoms with van der Waals surface area (Å²) in [4.78, 5) is 50.5. The van der Waals surface area contributed by atoms with Crippen molar-refractivity contribution >= 4 is 35.4 Å². The molecule has 4 amide bonds. The van der Waals surface area contributed by atoms with E-state index in [0.29, 0.717) is 22.4 Å². The largest absolute Gasteiger partial charge is 0.488 e. The summed E-state index contributed by atoms with van der Waals surface area (Å²) in [6, 6.07) is 7.06. The minimum Gasteiger partial charge on any atom is -0.488 e. The number of nitrogens with zero attached hydrogens (tertiary/aromatic N) is 1. The van der Waals surface area contributed by atoms with Crippen molar-refractivity contribution in [1.82, 2.24) is 10.2 Å². The number of carbonyl (C=O) groups is 4. The van der Waals surface area contributed by atoms with Crippen LogP contribution in [0.4, 0.5) is 18.9 Å². The number of anilines is 1. The van der Waals surface area contributed by atoms with Crippen LogP contribution in [0.1, 0.15) is 39.9 Å². The summed E-state index contributed by atoms with van der Waals surface area (Å²) in [6.45, 7) is -0.0439. The van der Waals surface area contributed by atoms with Crippen molar-refractivity contribution in [3.63, 3.8) is 0 Å². The van der Waals surface area contributed by atoms with Gasteiger partial charge in [-0.15, -0.1) is 0 Å². The van der Waals surface area contributed by atoms with Gasteiger partial charge in [0.1, 0.15) is 18.4 Å². The van der Waals surface area contributed by atoms with E-state index in [0.717, 1.165) is 12.1 Å². The van der Waals surface area contributed by atoms with Crippen molar-refractivity contribution in [2.45, 2.75) is 31.6 Å². The lowest BCUT2D eigenvalue weighted by Gasteiger charge is -2.29. The molecule has 0 saturated carbocycles. The molecule has 3 aliphatic heterocycles. The van der Waals surface area contributed by atoms with Crippen LogP contribution in [0, 0.1) is 0 Å². The molecule has 0 radical (unpaired) electrons. The zero-order valence-corrected chi connectivity index (χ0v) is 18.1. The summed E-state index contributed by atoms with van der Waals surface area (Å²) >= 11 is 0. The number of amides is 4. The lowest BCUT2D eigenvalue weighted by Crippen LogP contribution is -2.52. The normalized spacial score (nSPS) is 19.4. The molecule has 0 bridgehead atoms. The number of nitrogens with one attached hydrogen (secondary N) is 2. The first-order valence-corrected chi connectivity index (χ1v) is 10.7. The Morgan fingerprint density at radius 2 is 1.91 bits per heavy atom. The number of halogens is 3. The third-order valence-electron chi connectivity index (χ3n) is 6.13. The smallest absolute Gasteiger partial charge is 0.416 e. The first-order chi connectivity index (χ1) is 16.6. The minimum atomic E-state index is -4.50. The molecule has 11 heteroatoms. The molecule has 1 atom stereocenters. The van der Waals surface area contributed by atoms with Crippen LogP contribution in [0.2, 0.25) is 0 Å². The van der Waals surface area contributed by atoms with Crippen LogP contribution in [-0.4, -0.2) is 41.2 Å². The summed E-state index contributed by atoms with van der Waals surface area (Å²) in [5.74, 6) is -1.67. The van der Waals surface area contributed by atoms with Crippen LogP contribution < -0.4 is 15.4 Å². The van der Waals surface area contributed by atoms with Gasteiger partial charge in [0.05, 0.1) is 11.1 Å². The fraction of sp³-hybridized carbons (Fsp3) is 0.250. The number of hydrogen-bond acceptors (Lipinski definition) is 5. The van der Waals surface area contributed by atoms with Crippen molar-refractivity contribution in [2.24, 2.45) is 0 Å². The van der Waals surface area contributed by atoms with E-state index in [1.807, 2.05) is 0 Å². The average Bonchev–Trinajstić information content (AvgIpc) is 3.13. The van der Waals surface area contributed by atoms with Gasteiger partial charge in [-0.1, -0.05) is 6.07 Å². The Labute approximate surface area is 196 Å². The van der Waals surface area contributed by atoms with Crippen molar-refractivity contribution in [2.75, 3.05) is 11.9 Å². The Morgan fingerprint density at radius 3 is 2.66 bits per heavy atom. The topological polar surface area (TPSA) is 105 Å². The molecule has 180 valence electrons. The van der Waals surface area contributed by atoms with Crippen LogP contribution in [0.25, 0.3) is 6.08 Å². The average molecular weight is 485 g/mol. The molecule has 0 spiro atoms. The van der Waals surface area contributed by atoms with Crippen LogP contribution in [0.15, 0.2) is 42.0 Å². The standard InChI is InChI=1S/C24H18F3N3O5/c25-24(26,27)15-2-1-12-7-14(11-35-19(12)9-15)21(32)28-16-3-4-17-13(8-16)10-30(23(17)34)18-5-6-20(31)29-22(18)33/h1-4,7-9,18H,5-6,10-11H2,(H,28,32)(H,29,31,33). The molecule has 0 aromatic heterocycles. The Hall–Kier alpha value is -4.15. The van der Waals surface area contributed by atoms with E-state index in [-0.39, 0.29) is 49.1 Å². The van der Waals surface area contributed by atoms with Gasteiger partial charge in [0.15, 0.2) is 0 Å². The fourth-order valence-corrected chi connectivity index (χ4v) is 4.33. The Morgan fingerprint density at radius 1 is 1.11 bits per heavy atom. The molecular weight excluding hydrogens is 467 g/mol. The van der Waals surface area contributed by atoms with E-state index < -0.39 is 29.6 Å². The maximum Gasteiger partial charge on any atom is 0.416 e. The highest BCUT2D eigenvalue weighted by Crippen LogP contribution is 2.36. The van der Waals surface area contributed by atoms with E-state index >= 15 is 0 Å². The van der Waals surface area contributed by atoms with Crippen LogP contribution in [0.3, 0.4) is 0 Å². The van der Waals surface area contributed by atoms with Gasteiger partial charge >= 0.3 is 6.18 Å². The zero-order valence-electron chi connectivity index (χ0n) is 18.1. The lowest BCUT2D eigenvalue weighted by atomic mass is 10.0. The van der Waals surface area contributed by atoms with Gasteiger partial charge in [0.25, 0.3) is 11.8 Å². The van der Waals surface area contributed by atoms with E-state index in [9.17, 15) is 32.3 Å². The Balaban J connectivity index is 1.30. The molecule has 3 aliphatic rings. The molecule has 2 N–H and O–H groups in total. The summed E-state index contributed by atoms with van der Waals surface area (Å²) in [7, 11) is 0. The maximum atomic E-state index is 12.9. The maximum absolute atomic E-state index is 12.9. The molecule has 2 aromatic carbocycles. The number of benzene rings is 2. The van der Waals surface area contributed by atoms with Gasteiger partial charge in [-0.05, 0) is 48.4 Å². The number of imide groups is 1. The second-order valence-corrected chi connectivity index (χ2v) is 8.43. The number of fused-ring (bicyclic) bond motifs is 2. The number of carbonyl (C=O) groups excluding carboxylic acids is 4. The van der Waals surface area contributed by atoms with Gasteiger partial charge in [-0.2, -0.15) is 13.2 Å². The number of hydrogen-bond donors (Lipinski definition) is 2. The number of piperidine rings is 1. The zero-order chi connectivity index (χ0) is 24.9. The van der Waals surface area contributed by atoms with E-state index in [2.05, 4.69) is 10.6 Å². The van der Waals surface area contributed by atoms with Crippen molar-refractivity contribution in [3.8, 4) is 5.75 Å². The van der Waals surface area contributed by atoms with Gasteiger partial charge < -0.3 is 15.0 Å². The number of ether oxygens (including phenoxy) is 1. The molecule has 5 rings (SSSR count). The SMILES string of the molecule is O=C1CCC(N2Cc3cc(NC(=O)C4=Cc5ccc(C(F)(F)F)cc5OC4)ccc3C2=O)C(=O)N1. The third-order valence-corrected chi connectivity index (χ3v) is 6.13. The molecule has 1 unspecified atom stereocenters. The van der Waals surface area contributed by atoms with E-state index in [1.54, 1.807) is 18.2 Å². The monoisotopic (exact) mass is 485 g/mol. The Bertz CT molecular complexity index is 1320. The molecule has 1 fully saturated rings.